The molecule has 2 aromatic heterocycles. The average molecular weight is 466 g/mol. The zero-order valence-corrected chi connectivity index (χ0v) is 19.9. The number of ether oxygens (including phenoxy) is 2. The Hall–Kier alpha value is -2.80. The molecule has 0 unspecified atom stereocenters. The van der Waals surface area contributed by atoms with Gasteiger partial charge in [-0.1, -0.05) is 0 Å². The van der Waals surface area contributed by atoms with E-state index >= 15 is 0 Å². The molecule has 4 rings (SSSR count). The van der Waals surface area contributed by atoms with Crippen molar-refractivity contribution in [2.75, 3.05) is 50.7 Å². The summed E-state index contributed by atoms with van der Waals surface area (Å²) in [6.45, 7) is 3.52. The van der Waals surface area contributed by atoms with Gasteiger partial charge in [-0.2, -0.15) is 5.26 Å². The Kier molecular flexibility index (Phi) is 8.63. The number of methoxy groups -OCH3 is 1. The van der Waals surface area contributed by atoms with Crippen molar-refractivity contribution < 1.29 is 9.47 Å². The van der Waals surface area contributed by atoms with Crippen LogP contribution in [0.15, 0.2) is 30.7 Å². The van der Waals surface area contributed by atoms with E-state index in [1.165, 1.54) is 0 Å². The zero-order valence-electron chi connectivity index (χ0n) is 19.9. The van der Waals surface area contributed by atoms with E-state index < -0.39 is 0 Å². The molecule has 182 valence electrons. The molecule has 2 fully saturated rings. The van der Waals surface area contributed by atoms with Crippen molar-refractivity contribution in [1.82, 2.24) is 20.3 Å². The fourth-order valence-electron chi connectivity index (χ4n) is 4.63. The van der Waals surface area contributed by atoms with Gasteiger partial charge in [0.15, 0.2) is 0 Å². The van der Waals surface area contributed by atoms with Crippen LogP contribution in [0.4, 0.5) is 11.5 Å². The van der Waals surface area contributed by atoms with Crippen LogP contribution >= 0.6 is 0 Å². The summed E-state index contributed by atoms with van der Waals surface area (Å²) >= 11 is 0. The second kappa shape index (κ2) is 12.1. The number of aromatic nitrogens is 3. The van der Waals surface area contributed by atoms with Gasteiger partial charge in [0.1, 0.15) is 12.1 Å². The molecule has 3 heterocycles. The van der Waals surface area contributed by atoms with Gasteiger partial charge in [-0.05, 0) is 50.7 Å². The van der Waals surface area contributed by atoms with Gasteiger partial charge in [-0.3, -0.25) is 4.98 Å². The van der Waals surface area contributed by atoms with Gasteiger partial charge in [-0.25, -0.2) is 9.97 Å². The summed E-state index contributed by atoms with van der Waals surface area (Å²) in [5.74, 6) is 0.826. The number of rotatable bonds is 10. The van der Waals surface area contributed by atoms with E-state index in [1.807, 2.05) is 18.2 Å². The highest BCUT2D eigenvalue weighted by Gasteiger charge is 2.32. The van der Waals surface area contributed by atoms with Crippen molar-refractivity contribution in [2.45, 2.75) is 50.6 Å². The van der Waals surface area contributed by atoms with Crippen LogP contribution in [0.5, 0.6) is 0 Å². The maximum atomic E-state index is 9.69. The fourth-order valence-corrected chi connectivity index (χ4v) is 4.63. The van der Waals surface area contributed by atoms with Gasteiger partial charge in [0, 0.05) is 63.4 Å². The third-order valence-corrected chi connectivity index (χ3v) is 6.83. The Morgan fingerprint density at radius 3 is 2.62 bits per heavy atom. The third-order valence-electron chi connectivity index (χ3n) is 6.83. The molecule has 3 N–H and O–H groups in total. The van der Waals surface area contributed by atoms with Crippen LogP contribution in [0.1, 0.15) is 38.5 Å². The Morgan fingerprint density at radius 2 is 1.85 bits per heavy atom. The van der Waals surface area contributed by atoms with Gasteiger partial charge in [0.25, 0.3) is 0 Å². The van der Waals surface area contributed by atoms with E-state index in [2.05, 4.69) is 37.0 Å². The highest BCUT2D eigenvalue weighted by molar-refractivity contribution is 5.63. The predicted molar refractivity (Wildman–Crippen MR) is 131 cm³/mol. The zero-order chi connectivity index (χ0) is 23.6. The van der Waals surface area contributed by atoms with Crippen molar-refractivity contribution in [3.8, 4) is 17.5 Å². The molecular weight excluding hydrogens is 430 g/mol. The number of hydrogen-bond acceptors (Lipinski definition) is 9. The number of pyridine rings is 1. The van der Waals surface area contributed by atoms with Gasteiger partial charge >= 0.3 is 0 Å². The standard InChI is InChI=1S/C25H35N7O2/c1-33-13-10-27-19-2-4-20(5-3-19)32-24-15-23(30-18-31-24)22-14-21(6-9-28-22)29-17-25(16-26)7-11-34-12-8-25/h6,9,14-15,18-20,27H,2-5,7-8,10-13,17H2,1H3,(H,28,29)(H,30,31,32). The van der Waals surface area contributed by atoms with Gasteiger partial charge in [0.05, 0.1) is 29.5 Å². The van der Waals surface area contributed by atoms with Crippen LogP contribution in [0.25, 0.3) is 11.4 Å². The van der Waals surface area contributed by atoms with Crippen molar-refractivity contribution in [3.05, 3.63) is 30.7 Å². The van der Waals surface area contributed by atoms with Crippen LogP contribution in [0, 0.1) is 16.7 Å². The molecule has 2 aliphatic rings. The highest BCUT2D eigenvalue weighted by Crippen LogP contribution is 2.30. The highest BCUT2D eigenvalue weighted by atomic mass is 16.5. The molecule has 0 amide bonds. The quantitative estimate of drug-likeness (QED) is 0.455. The number of anilines is 2. The molecule has 0 bridgehead atoms. The first-order valence-corrected chi connectivity index (χ1v) is 12.2. The SMILES string of the molecule is COCCNC1CCC(Nc2cc(-c3cc(NCC4(C#N)CCOCC4)ccn3)ncn2)CC1. The molecule has 9 nitrogen and oxygen atoms in total. The lowest BCUT2D eigenvalue weighted by Gasteiger charge is -2.31. The summed E-state index contributed by atoms with van der Waals surface area (Å²) in [4.78, 5) is 13.4. The van der Waals surface area contributed by atoms with Crippen LogP contribution in [0.2, 0.25) is 0 Å². The van der Waals surface area contributed by atoms with Crippen molar-refractivity contribution in [2.24, 2.45) is 5.41 Å². The van der Waals surface area contributed by atoms with Crippen molar-refractivity contribution in [3.63, 3.8) is 0 Å². The van der Waals surface area contributed by atoms with E-state index in [0.29, 0.717) is 31.8 Å². The summed E-state index contributed by atoms with van der Waals surface area (Å²) in [5, 5.41) is 20.3. The Bertz CT molecular complexity index is 950. The van der Waals surface area contributed by atoms with Crippen molar-refractivity contribution >= 4 is 11.5 Å². The molecule has 34 heavy (non-hydrogen) atoms. The molecule has 1 saturated heterocycles. The average Bonchev–Trinajstić information content (AvgIpc) is 2.90. The topological polar surface area (TPSA) is 117 Å². The van der Waals surface area contributed by atoms with E-state index in [-0.39, 0.29) is 5.41 Å². The molecule has 2 aromatic rings. The number of nitrogens with zero attached hydrogens (tertiary/aromatic N) is 4. The molecule has 1 saturated carbocycles. The van der Waals surface area contributed by atoms with Crippen molar-refractivity contribution in [1.29, 1.82) is 5.26 Å². The Morgan fingerprint density at radius 1 is 1.09 bits per heavy atom. The summed E-state index contributed by atoms with van der Waals surface area (Å²) in [5.41, 5.74) is 2.10. The second-order valence-corrected chi connectivity index (χ2v) is 9.22. The van der Waals surface area contributed by atoms with Crippen LogP contribution < -0.4 is 16.0 Å². The van der Waals surface area contributed by atoms with Gasteiger partial charge < -0.3 is 25.4 Å². The molecule has 9 heteroatoms. The molecule has 0 spiro atoms. The van der Waals surface area contributed by atoms with E-state index in [1.54, 1.807) is 19.6 Å². The maximum Gasteiger partial charge on any atom is 0.130 e. The van der Waals surface area contributed by atoms with Crippen LogP contribution in [0.3, 0.4) is 0 Å². The first-order chi connectivity index (χ1) is 16.7. The normalized spacial score (nSPS) is 22.0. The summed E-state index contributed by atoms with van der Waals surface area (Å²) < 4.78 is 10.6. The van der Waals surface area contributed by atoms with Gasteiger partial charge in [-0.15, -0.1) is 0 Å². The van der Waals surface area contributed by atoms with E-state index in [9.17, 15) is 5.26 Å². The third kappa shape index (κ3) is 6.63. The monoisotopic (exact) mass is 465 g/mol. The molecule has 1 aliphatic carbocycles. The lowest BCUT2D eigenvalue weighted by Crippen LogP contribution is -2.38. The van der Waals surface area contributed by atoms with Gasteiger partial charge in [0.2, 0.25) is 0 Å². The molecular formula is C25H35N7O2. The smallest absolute Gasteiger partial charge is 0.130 e. The first kappa shape index (κ1) is 24.3. The lowest BCUT2D eigenvalue weighted by molar-refractivity contribution is 0.0456. The molecule has 0 radical (unpaired) electrons. The summed E-state index contributed by atoms with van der Waals surface area (Å²) in [6.07, 6.45) is 9.36. The maximum absolute atomic E-state index is 9.69. The number of hydrogen-bond donors (Lipinski definition) is 3. The molecule has 1 aliphatic heterocycles. The predicted octanol–water partition coefficient (Wildman–Crippen LogP) is 3.23. The summed E-state index contributed by atoms with van der Waals surface area (Å²) in [7, 11) is 1.73. The number of nitriles is 1. The minimum Gasteiger partial charge on any atom is -0.383 e. The molecule has 0 aromatic carbocycles. The number of nitrogens with one attached hydrogen (secondary N) is 3. The Balaban J connectivity index is 1.33. The molecule has 0 atom stereocenters. The van der Waals surface area contributed by atoms with Crippen LogP contribution in [-0.4, -0.2) is 67.1 Å². The minimum atomic E-state index is -0.383. The minimum absolute atomic E-state index is 0.383. The van der Waals surface area contributed by atoms with E-state index in [4.69, 9.17) is 9.47 Å². The fraction of sp³-hybridized carbons (Fsp3) is 0.600. The van der Waals surface area contributed by atoms with Crippen LogP contribution in [-0.2, 0) is 9.47 Å². The first-order valence-electron chi connectivity index (χ1n) is 12.2. The second-order valence-electron chi connectivity index (χ2n) is 9.22. The largest absolute Gasteiger partial charge is 0.383 e. The Labute approximate surface area is 201 Å². The summed E-state index contributed by atoms with van der Waals surface area (Å²) in [6, 6.07) is 9.34. The lowest BCUT2D eigenvalue weighted by atomic mass is 9.81. The van der Waals surface area contributed by atoms with E-state index in [0.717, 1.165) is 74.6 Å².